The standard InChI is InChI=1S/C28H39ClN5O6P/c1-18-15-22(38-26(18)34(3)24-23(30-2)25(36-4)32-17-31-24)16-37-41(40-21-11-9-19(29)10-12-21)33-28(13-14-28)27(35)39-20-7-5-6-8-20/h9-12,17-18,20,22,26,30,33H,5-8,13-16H2,1-4H3/t18?,22?,26-,41?/m1/s1. The average molecular weight is 608 g/mol. The van der Waals surface area contributed by atoms with Crippen LogP contribution in [0.3, 0.4) is 0 Å². The number of aromatic nitrogens is 2. The molecular weight excluding hydrogens is 569 g/mol. The molecule has 0 spiro atoms. The van der Waals surface area contributed by atoms with Crippen LogP contribution in [0.4, 0.5) is 11.5 Å². The largest absolute Gasteiger partial charge is 0.479 e. The number of anilines is 2. The molecule has 2 aromatic rings. The van der Waals surface area contributed by atoms with E-state index >= 15 is 0 Å². The number of nitrogens with zero attached hydrogens (tertiary/aromatic N) is 3. The Morgan fingerprint density at radius 2 is 1.95 bits per heavy atom. The van der Waals surface area contributed by atoms with Gasteiger partial charge in [0.25, 0.3) is 0 Å². The maximum Gasteiger partial charge on any atom is 0.327 e. The van der Waals surface area contributed by atoms with E-state index in [4.69, 9.17) is 34.9 Å². The molecule has 0 amide bonds. The fourth-order valence-electron chi connectivity index (χ4n) is 5.38. The highest BCUT2D eigenvalue weighted by molar-refractivity contribution is 7.45. The number of benzene rings is 1. The second-order valence-electron chi connectivity index (χ2n) is 10.9. The summed E-state index contributed by atoms with van der Waals surface area (Å²) in [5.74, 6) is 1.74. The zero-order valence-electron chi connectivity index (χ0n) is 24.0. The second kappa shape index (κ2) is 13.3. The van der Waals surface area contributed by atoms with Crippen LogP contribution in [0.1, 0.15) is 51.9 Å². The minimum atomic E-state index is -1.68. The van der Waals surface area contributed by atoms with Gasteiger partial charge in [-0.3, -0.25) is 4.79 Å². The smallest absolute Gasteiger partial charge is 0.327 e. The number of carbonyl (C=O) groups excluding carboxylic acids is 1. The number of methoxy groups -OCH3 is 1. The van der Waals surface area contributed by atoms with Gasteiger partial charge in [-0.05, 0) is 69.2 Å². The third kappa shape index (κ3) is 7.14. The van der Waals surface area contributed by atoms with E-state index in [0.29, 0.717) is 47.6 Å². The van der Waals surface area contributed by atoms with Crippen molar-refractivity contribution in [2.75, 3.05) is 38.0 Å². The molecule has 224 valence electrons. The van der Waals surface area contributed by atoms with Gasteiger partial charge < -0.3 is 33.5 Å². The molecule has 3 fully saturated rings. The quantitative estimate of drug-likeness (QED) is 0.228. The molecule has 0 radical (unpaired) electrons. The molecule has 11 nitrogen and oxygen atoms in total. The van der Waals surface area contributed by atoms with Gasteiger partial charge >= 0.3 is 14.5 Å². The van der Waals surface area contributed by atoms with E-state index in [0.717, 1.165) is 32.1 Å². The number of carbonyl (C=O) groups is 1. The van der Waals surface area contributed by atoms with Gasteiger partial charge in [0.05, 0.1) is 19.8 Å². The van der Waals surface area contributed by atoms with Crippen molar-refractivity contribution < 1.29 is 28.1 Å². The Hall–Kier alpha value is -2.43. The van der Waals surface area contributed by atoms with Crippen molar-refractivity contribution in [1.29, 1.82) is 0 Å². The first kappa shape index (κ1) is 30.0. The molecule has 1 aliphatic heterocycles. The Balaban J connectivity index is 1.24. The van der Waals surface area contributed by atoms with Crippen LogP contribution in [-0.2, 0) is 18.8 Å². The van der Waals surface area contributed by atoms with Crippen molar-refractivity contribution in [2.45, 2.75) is 75.8 Å². The molecule has 2 N–H and O–H groups in total. The van der Waals surface area contributed by atoms with Crippen LogP contribution in [0, 0.1) is 5.92 Å². The average Bonchev–Trinajstić information content (AvgIpc) is 3.39. The van der Waals surface area contributed by atoms with E-state index in [9.17, 15) is 4.79 Å². The fraction of sp³-hybridized carbons (Fsp3) is 0.607. The van der Waals surface area contributed by atoms with Crippen LogP contribution >= 0.6 is 20.1 Å². The summed E-state index contributed by atoms with van der Waals surface area (Å²) >= 11 is 6.07. The van der Waals surface area contributed by atoms with Crippen LogP contribution in [0.2, 0.25) is 5.02 Å². The number of rotatable bonds is 13. The first-order valence-electron chi connectivity index (χ1n) is 14.1. The van der Waals surface area contributed by atoms with E-state index in [-0.39, 0.29) is 30.3 Å². The molecule has 1 aromatic carbocycles. The number of ether oxygens (including phenoxy) is 3. The highest BCUT2D eigenvalue weighted by atomic mass is 35.5. The Labute approximate surface area is 247 Å². The molecule has 5 rings (SSSR count). The lowest BCUT2D eigenvalue weighted by atomic mass is 10.1. The van der Waals surface area contributed by atoms with Crippen LogP contribution in [-0.4, -0.2) is 67.7 Å². The maximum atomic E-state index is 13.1. The van der Waals surface area contributed by atoms with E-state index in [1.165, 1.54) is 6.33 Å². The Kier molecular flexibility index (Phi) is 9.71. The van der Waals surface area contributed by atoms with Gasteiger partial charge in [0.2, 0.25) is 5.88 Å². The summed E-state index contributed by atoms with van der Waals surface area (Å²) in [4.78, 5) is 23.8. The molecule has 41 heavy (non-hydrogen) atoms. The number of hydrogen-bond donors (Lipinski definition) is 2. The van der Waals surface area contributed by atoms with Gasteiger partial charge in [0, 0.05) is 25.0 Å². The van der Waals surface area contributed by atoms with Gasteiger partial charge in [-0.2, -0.15) is 4.98 Å². The number of esters is 1. The number of hydrogen-bond acceptors (Lipinski definition) is 11. The van der Waals surface area contributed by atoms with Crippen molar-refractivity contribution in [2.24, 2.45) is 5.92 Å². The highest BCUT2D eigenvalue weighted by Gasteiger charge is 2.54. The van der Waals surface area contributed by atoms with Gasteiger partial charge in [0.1, 0.15) is 35.6 Å². The summed E-state index contributed by atoms with van der Waals surface area (Å²) < 4.78 is 30.2. The zero-order chi connectivity index (χ0) is 29.0. The summed E-state index contributed by atoms with van der Waals surface area (Å²) in [6.07, 6.45) is 7.29. The predicted octanol–water partition coefficient (Wildman–Crippen LogP) is 5.30. The van der Waals surface area contributed by atoms with Crippen molar-refractivity contribution in [1.82, 2.24) is 15.1 Å². The summed E-state index contributed by atoms with van der Waals surface area (Å²) in [6, 6.07) is 7.09. The first-order chi connectivity index (χ1) is 19.8. The summed E-state index contributed by atoms with van der Waals surface area (Å²) in [7, 11) is 3.65. The van der Waals surface area contributed by atoms with Crippen LogP contribution in [0.5, 0.6) is 11.6 Å². The van der Waals surface area contributed by atoms with Gasteiger partial charge in [-0.25, -0.2) is 10.1 Å². The van der Waals surface area contributed by atoms with Crippen molar-refractivity contribution in [3.05, 3.63) is 35.6 Å². The van der Waals surface area contributed by atoms with Gasteiger partial charge in [-0.1, -0.05) is 18.5 Å². The fourth-order valence-corrected chi connectivity index (χ4v) is 6.94. The SMILES string of the molecule is CNc1c(OC)ncnc1N(C)[C@@H]1OC(COP(NC2(C(=O)OC3CCCC3)CC2)Oc2ccc(Cl)cc2)CC1C. The Morgan fingerprint density at radius 3 is 2.61 bits per heavy atom. The highest BCUT2D eigenvalue weighted by Crippen LogP contribution is 2.48. The molecule has 3 aliphatic rings. The first-order valence-corrected chi connectivity index (χ1v) is 15.7. The predicted molar refractivity (Wildman–Crippen MR) is 157 cm³/mol. The monoisotopic (exact) mass is 607 g/mol. The van der Waals surface area contributed by atoms with E-state index in [2.05, 4.69) is 27.3 Å². The molecule has 4 atom stereocenters. The molecule has 1 saturated heterocycles. The lowest BCUT2D eigenvalue weighted by Crippen LogP contribution is -2.40. The number of nitrogens with one attached hydrogen (secondary N) is 2. The lowest BCUT2D eigenvalue weighted by molar-refractivity contribution is -0.152. The van der Waals surface area contributed by atoms with E-state index < -0.39 is 14.1 Å². The minimum Gasteiger partial charge on any atom is -0.479 e. The van der Waals surface area contributed by atoms with Crippen molar-refractivity contribution in [3.8, 4) is 11.6 Å². The number of halogens is 1. The topological polar surface area (TPSA) is 116 Å². The summed E-state index contributed by atoms with van der Waals surface area (Å²) in [5, 5.41) is 7.11. The summed E-state index contributed by atoms with van der Waals surface area (Å²) in [5.41, 5.74) is -0.0839. The summed E-state index contributed by atoms with van der Waals surface area (Å²) in [6.45, 7) is 2.43. The molecule has 2 saturated carbocycles. The Morgan fingerprint density at radius 1 is 1.22 bits per heavy atom. The van der Waals surface area contributed by atoms with Crippen LogP contribution < -0.4 is 24.6 Å². The zero-order valence-corrected chi connectivity index (χ0v) is 25.6. The third-order valence-corrected chi connectivity index (χ3v) is 9.43. The molecular formula is C28H39ClN5O6P. The van der Waals surface area contributed by atoms with Crippen LogP contribution in [0.15, 0.2) is 30.6 Å². The molecule has 3 unspecified atom stereocenters. The van der Waals surface area contributed by atoms with Crippen LogP contribution in [0.25, 0.3) is 0 Å². The molecule has 1 aromatic heterocycles. The third-order valence-electron chi connectivity index (χ3n) is 7.81. The normalized spacial score (nSPS) is 24.1. The molecule has 2 heterocycles. The lowest BCUT2D eigenvalue weighted by Gasteiger charge is -2.30. The minimum absolute atomic E-state index is 0.00619. The molecule has 2 aliphatic carbocycles. The molecule has 13 heteroatoms. The van der Waals surface area contributed by atoms with Crippen molar-refractivity contribution >= 4 is 37.6 Å². The maximum absolute atomic E-state index is 13.1. The Bertz CT molecular complexity index is 1180. The van der Waals surface area contributed by atoms with Gasteiger partial charge in [0.15, 0.2) is 5.82 Å². The van der Waals surface area contributed by atoms with Gasteiger partial charge in [-0.15, -0.1) is 0 Å². The van der Waals surface area contributed by atoms with E-state index in [1.807, 2.05) is 11.9 Å². The van der Waals surface area contributed by atoms with Crippen molar-refractivity contribution in [3.63, 3.8) is 0 Å². The van der Waals surface area contributed by atoms with E-state index in [1.54, 1.807) is 38.4 Å². The second-order valence-corrected chi connectivity index (χ2v) is 12.5. The molecule has 0 bridgehead atoms.